The lowest BCUT2D eigenvalue weighted by molar-refractivity contribution is -0.116. The van der Waals surface area contributed by atoms with Crippen molar-refractivity contribution in [3.8, 4) is 0 Å². The first-order valence-electron chi connectivity index (χ1n) is 11.8. The maximum Gasteiger partial charge on any atom is 0.243 e. The number of benzene rings is 3. The van der Waals surface area contributed by atoms with Gasteiger partial charge in [0.25, 0.3) is 0 Å². The zero-order chi connectivity index (χ0) is 24.5. The molecule has 5 nitrogen and oxygen atoms in total. The number of hydrogen-bond donors (Lipinski definition) is 1. The number of unbranched alkanes of at least 4 members (excludes halogenated alkanes) is 2. The number of fused-ring (bicyclic) bond motifs is 1. The third kappa shape index (κ3) is 6.90. The Kier molecular flexibility index (Phi) is 8.47. The van der Waals surface area contributed by atoms with Crippen LogP contribution in [0, 0.1) is 0 Å². The average molecular weight is 486 g/mol. The predicted molar refractivity (Wildman–Crippen MR) is 142 cm³/mol. The fourth-order valence-electron chi connectivity index (χ4n) is 3.95. The van der Waals surface area contributed by atoms with Crippen molar-refractivity contribution in [2.24, 2.45) is 0 Å². The van der Waals surface area contributed by atoms with Gasteiger partial charge >= 0.3 is 0 Å². The second-order valence-corrected chi connectivity index (χ2v) is 8.82. The number of para-hydroxylation sites is 2. The Labute approximate surface area is 210 Å². The van der Waals surface area contributed by atoms with Gasteiger partial charge in [0, 0.05) is 29.6 Å². The SMILES string of the molecule is O=C(/C=C/c1ccccc1)NCCCCCc1nc2ccccc2n1CC(=O)c1ccc(Cl)cc1. The van der Waals surface area contributed by atoms with Crippen molar-refractivity contribution in [1.29, 1.82) is 0 Å². The van der Waals surface area contributed by atoms with Gasteiger partial charge in [0.1, 0.15) is 5.82 Å². The average Bonchev–Trinajstić information content (AvgIpc) is 3.23. The quantitative estimate of drug-likeness (QED) is 0.158. The minimum absolute atomic E-state index is 0.0253. The van der Waals surface area contributed by atoms with Crippen molar-refractivity contribution in [1.82, 2.24) is 14.9 Å². The number of nitrogens with one attached hydrogen (secondary N) is 1. The Morgan fingerprint density at radius 1 is 0.886 bits per heavy atom. The number of imidazole rings is 1. The molecule has 0 aliphatic heterocycles. The molecule has 0 aliphatic rings. The maximum absolute atomic E-state index is 12.9. The minimum Gasteiger partial charge on any atom is -0.353 e. The van der Waals surface area contributed by atoms with E-state index in [0.717, 1.165) is 48.1 Å². The zero-order valence-electron chi connectivity index (χ0n) is 19.5. The number of Topliss-reactive ketones (excluding diaryl/α,β-unsaturated/α-hetero) is 1. The van der Waals surface area contributed by atoms with Crippen LogP contribution in [0.4, 0.5) is 0 Å². The van der Waals surface area contributed by atoms with Gasteiger partial charge in [-0.2, -0.15) is 0 Å². The molecule has 4 rings (SSSR count). The largest absolute Gasteiger partial charge is 0.353 e. The van der Waals surface area contributed by atoms with Crippen molar-refractivity contribution in [3.05, 3.63) is 107 Å². The van der Waals surface area contributed by atoms with Gasteiger partial charge in [0.05, 0.1) is 17.6 Å². The van der Waals surface area contributed by atoms with Crippen LogP contribution in [0.3, 0.4) is 0 Å². The van der Waals surface area contributed by atoms with Crippen LogP contribution >= 0.6 is 11.6 Å². The summed E-state index contributed by atoms with van der Waals surface area (Å²) in [6.45, 7) is 0.866. The molecular formula is C29H28ClN3O2. The standard InChI is InChI=1S/C29H28ClN3O2/c30-24-17-15-23(16-18-24)27(34)21-33-26-12-7-6-11-25(26)32-28(33)13-5-2-8-20-31-29(35)19-14-22-9-3-1-4-10-22/h1,3-4,6-7,9-12,14-19H,2,5,8,13,20-21H2,(H,31,35)/b19-14+. The van der Waals surface area contributed by atoms with Crippen LogP contribution in [-0.4, -0.2) is 27.8 Å². The highest BCUT2D eigenvalue weighted by atomic mass is 35.5. The highest BCUT2D eigenvalue weighted by Crippen LogP contribution is 2.19. The van der Waals surface area contributed by atoms with Gasteiger partial charge in [0.15, 0.2) is 5.78 Å². The van der Waals surface area contributed by atoms with E-state index in [1.807, 2.05) is 65.2 Å². The first-order valence-corrected chi connectivity index (χ1v) is 12.2. The second-order valence-electron chi connectivity index (χ2n) is 8.38. The molecule has 6 heteroatoms. The summed E-state index contributed by atoms with van der Waals surface area (Å²) in [6, 6.07) is 24.6. The Morgan fingerprint density at radius 3 is 2.43 bits per heavy atom. The molecule has 0 atom stereocenters. The lowest BCUT2D eigenvalue weighted by Gasteiger charge is -2.09. The molecule has 1 N–H and O–H groups in total. The first kappa shape index (κ1) is 24.4. The zero-order valence-corrected chi connectivity index (χ0v) is 20.2. The molecule has 1 aromatic heterocycles. The number of aromatic nitrogens is 2. The Hall–Kier alpha value is -3.70. The van der Waals surface area contributed by atoms with E-state index < -0.39 is 0 Å². The van der Waals surface area contributed by atoms with E-state index in [-0.39, 0.29) is 18.2 Å². The summed E-state index contributed by atoms with van der Waals surface area (Å²) in [6.07, 6.45) is 6.91. The lowest BCUT2D eigenvalue weighted by Crippen LogP contribution is -2.22. The highest BCUT2D eigenvalue weighted by molar-refractivity contribution is 6.30. The third-order valence-corrected chi connectivity index (χ3v) is 6.06. The number of carbonyl (C=O) groups excluding carboxylic acids is 2. The molecule has 35 heavy (non-hydrogen) atoms. The molecule has 178 valence electrons. The molecule has 0 aliphatic carbocycles. The molecule has 0 radical (unpaired) electrons. The van der Waals surface area contributed by atoms with Crippen LogP contribution in [0.15, 0.2) is 84.9 Å². The van der Waals surface area contributed by atoms with Gasteiger partial charge in [-0.1, -0.05) is 60.5 Å². The molecule has 0 saturated heterocycles. The van der Waals surface area contributed by atoms with E-state index in [4.69, 9.17) is 16.6 Å². The summed E-state index contributed by atoms with van der Waals surface area (Å²) in [5, 5.41) is 3.54. The Morgan fingerprint density at radius 2 is 1.63 bits per heavy atom. The van der Waals surface area contributed by atoms with E-state index in [2.05, 4.69) is 5.32 Å². The highest BCUT2D eigenvalue weighted by Gasteiger charge is 2.14. The second kappa shape index (κ2) is 12.1. The van der Waals surface area contributed by atoms with Crippen molar-refractivity contribution in [2.75, 3.05) is 6.54 Å². The molecule has 0 fully saturated rings. The van der Waals surface area contributed by atoms with E-state index >= 15 is 0 Å². The van der Waals surface area contributed by atoms with Crippen LogP contribution in [-0.2, 0) is 17.8 Å². The maximum atomic E-state index is 12.9. The molecule has 0 spiro atoms. The van der Waals surface area contributed by atoms with Gasteiger partial charge in [-0.25, -0.2) is 4.98 Å². The number of rotatable bonds is 11. The minimum atomic E-state index is -0.0867. The van der Waals surface area contributed by atoms with E-state index in [1.54, 1.807) is 30.3 Å². The van der Waals surface area contributed by atoms with Crippen LogP contribution < -0.4 is 5.32 Å². The van der Waals surface area contributed by atoms with Gasteiger partial charge < -0.3 is 9.88 Å². The van der Waals surface area contributed by atoms with Crippen LogP contribution in [0.5, 0.6) is 0 Å². The van der Waals surface area contributed by atoms with Gasteiger partial charge in [-0.3, -0.25) is 9.59 Å². The van der Waals surface area contributed by atoms with Crippen LogP contribution in [0.2, 0.25) is 5.02 Å². The smallest absolute Gasteiger partial charge is 0.243 e. The number of aryl methyl sites for hydroxylation is 1. The topological polar surface area (TPSA) is 64.0 Å². The fourth-order valence-corrected chi connectivity index (χ4v) is 4.08. The first-order chi connectivity index (χ1) is 17.1. The fraction of sp³-hybridized carbons (Fsp3) is 0.207. The molecule has 3 aromatic carbocycles. The molecule has 0 bridgehead atoms. The number of ketones is 1. The summed E-state index contributed by atoms with van der Waals surface area (Å²) in [7, 11) is 0. The number of hydrogen-bond acceptors (Lipinski definition) is 3. The number of nitrogens with zero attached hydrogens (tertiary/aromatic N) is 2. The van der Waals surface area contributed by atoms with Gasteiger partial charge in [0.2, 0.25) is 5.91 Å². The van der Waals surface area contributed by atoms with Crippen molar-refractivity contribution >= 4 is 40.4 Å². The number of halogens is 1. The molecule has 4 aromatic rings. The summed E-state index contributed by atoms with van der Waals surface area (Å²) in [5.41, 5.74) is 3.49. The number of amides is 1. The summed E-state index contributed by atoms with van der Waals surface area (Å²) >= 11 is 5.96. The van der Waals surface area contributed by atoms with Gasteiger partial charge in [-0.15, -0.1) is 0 Å². The van der Waals surface area contributed by atoms with E-state index in [1.165, 1.54) is 0 Å². The van der Waals surface area contributed by atoms with Crippen molar-refractivity contribution < 1.29 is 9.59 Å². The predicted octanol–water partition coefficient (Wildman–Crippen LogP) is 6.12. The summed E-state index contributed by atoms with van der Waals surface area (Å²) in [4.78, 5) is 29.7. The summed E-state index contributed by atoms with van der Waals surface area (Å²) in [5.74, 6) is 0.844. The van der Waals surface area contributed by atoms with Crippen molar-refractivity contribution in [3.63, 3.8) is 0 Å². The molecular weight excluding hydrogens is 458 g/mol. The molecule has 1 amide bonds. The Balaban J connectivity index is 1.29. The monoisotopic (exact) mass is 485 g/mol. The van der Waals surface area contributed by atoms with E-state index in [9.17, 15) is 9.59 Å². The third-order valence-electron chi connectivity index (χ3n) is 5.80. The van der Waals surface area contributed by atoms with Crippen molar-refractivity contribution in [2.45, 2.75) is 32.2 Å². The van der Waals surface area contributed by atoms with E-state index in [0.29, 0.717) is 17.1 Å². The Bertz CT molecular complexity index is 1310. The number of carbonyl (C=O) groups is 2. The van der Waals surface area contributed by atoms with Crippen LogP contribution in [0.25, 0.3) is 17.1 Å². The molecule has 0 unspecified atom stereocenters. The normalized spacial score (nSPS) is 11.2. The van der Waals surface area contributed by atoms with Crippen LogP contribution in [0.1, 0.15) is 41.0 Å². The summed E-state index contributed by atoms with van der Waals surface area (Å²) < 4.78 is 2.02. The molecule has 0 saturated carbocycles. The molecule has 1 heterocycles. The lowest BCUT2D eigenvalue weighted by atomic mass is 10.1. The van der Waals surface area contributed by atoms with Gasteiger partial charge in [-0.05, 0) is 60.9 Å².